The molecule has 0 amide bonds. The molecule has 1 aliphatic heterocycles. The maximum absolute atomic E-state index is 13.7. The molecule has 5 heteroatoms. The van der Waals surface area contributed by atoms with Gasteiger partial charge in [0.15, 0.2) is 17.3 Å². The van der Waals surface area contributed by atoms with Crippen LogP contribution in [0.3, 0.4) is 0 Å². The van der Waals surface area contributed by atoms with Crippen LogP contribution < -0.4 is 14.8 Å². The van der Waals surface area contributed by atoms with Gasteiger partial charge in [-0.05, 0) is 58.4 Å². The van der Waals surface area contributed by atoms with Crippen molar-refractivity contribution in [2.45, 2.75) is 65.3 Å². The molecular weight excluding hydrogens is 462 g/mol. The van der Waals surface area contributed by atoms with Crippen molar-refractivity contribution in [2.75, 3.05) is 12.4 Å². The van der Waals surface area contributed by atoms with E-state index in [1.807, 2.05) is 18.2 Å². The molecule has 3 aromatic rings. The Kier molecular flexibility index (Phi) is 6.80. The van der Waals surface area contributed by atoms with Crippen molar-refractivity contribution < 1.29 is 19.1 Å². The molecule has 5 rings (SSSR count). The van der Waals surface area contributed by atoms with Gasteiger partial charge in [-0.15, -0.1) is 0 Å². The molecule has 1 aliphatic carbocycles. The summed E-state index contributed by atoms with van der Waals surface area (Å²) in [6.45, 7) is 6.44. The van der Waals surface area contributed by atoms with Gasteiger partial charge in [0.05, 0.1) is 13.2 Å². The van der Waals surface area contributed by atoms with Gasteiger partial charge in [0.1, 0.15) is 0 Å². The summed E-state index contributed by atoms with van der Waals surface area (Å²) in [6.07, 6.45) is 4.58. The van der Waals surface area contributed by atoms with Crippen LogP contribution in [0.15, 0.2) is 60.2 Å². The number of fused-ring (bicyclic) bond motifs is 4. The van der Waals surface area contributed by atoms with E-state index in [0.29, 0.717) is 24.3 Å². The zero-order valence-corrected chi connectivity index (χ0v) is 22.1. The van der Waals surface area contributed by atoms with E-state index in [0.717, 1.165) is 64.4 Å². The molecule has 0 fully saturated rings. The minimum Gasteiger partial charge on any atom is -0.493 e. The molecule has 37 heavy (non-hydrogen) atoms. The summed E-state index contributed by atoms with van der Waals surface area (Å²) < 4.78 is 11.2. The lowest BCUT2D eigenvalue weighted by Crippen LogP contribution is -2.33. The monoisotopic (exact) mass is 497 g/mol. The normalized spacial score (nSPS) is 18.2. The number of nitrogens with one attached hydrogen (secondary N) is 1. The number of carbonyl (C=O) groups excluding carboxylic acids is 2. The first-order valence-electron chi connectivity index (χ1n) is 13.2. The van der Waals surface area contributed by atoms with Crippen LogP contribution in [0.5, 0.6) is 11.5 Å². The Labute approximate surface area is 218 Å². The lowest BCUT2D eigenvalue weighted by Gasteiger charge is -2.40. The first-order valence-corrected chi connectivity index (χ1v) is 13.2. The maximum Gasteiger partial charge on any atom is 0.311 e. The van der Waals surface area contributed by atoms with E-state index in [1.54, 1.807) is 13.2 Å². The molecule has 0 unspecified atom stereocenters. The van der Waals surface area contributed by atoms with Crippen LogP contribution in [-0.4, -0.2) is 18.9 Å². The average molecular weight is 498 g/mol. The van der Waals surface area contributed by atoms with Crippen molar-refractivity contribution in [1.29, 1.82) is 0 Å². The highest BCUT2D eigenvalue weighted by Gasteiger charge is 2.41. The average Bonchev–Trinajstić information content (AvgIpc) is 2.87. The number of methoxy groups -OCH3 is 1. The van der Waals surface area contributed by atoms with Gasteiger partial charge >= 0.3 is 5.97 Å². The van der Waals surface area contributed by atoms with Crippen molar-refractivity contribution >= 4 is 33.8 Å². The molecule has 192 valence electrons. The highest BCUT2D eigenvalue weighted by Crippen LogP contribution is 2.52. The highest BCUT2D eigenvalue weighted by molar-refractivity contribution is 6.12. The van der Waals surface area contributed by atoms with Gasteiger partial charge in [0.25, 0.3) is 0 Å². The van der Waals surface area contributed by atoms with Crippen LogP contribution >= 0.6 is 0 Å². The summed E-state index contributed by atoms with van der Waals surface area (Å²) in [7, 11) is 1.57. The molecule has 5 nitrogen and oxygen atoms in total. The summed E-state index contributed by atoms with van der Waals surface area (Å²) in [6, 6.07) is 17.9. The second-order valence-corrected chi connectivity index (χ2v) is 11.0. The largest absolute Gasteiger partial charge is 0.493 e. The van der Waals surface area contributed by atoms with E-state index in [-0.39, 0.29) is 23.2 Å². The Morgan fingerprint density at radius 1 is 1.03 bits per heavy atom. The summed E-state index contributed by atoms with van der Waals surface area (Å²) in [4.78, 5) is 26.0. The molecule has 0 bridgehead atoms. The number of allylic oxidation sites excluding steroid dienone is 1. The van der Waals surface area contributed by atoms with E-state index in [2.05, 4.69) is 56.4 Å². The number of ether oxygens (including phenoxy) is 2. The molecule has 1 heterocycles. The third-order valence-corrected chi connectivity index (χ3v) is 7.47. The zero-order chi connectivity index (χ0) is 26.2. The van der Waals surface area contributed by atoms with Gasteiger partial charge in [-0.1, -0.05) is 70.0 Å². The van der Waals surface area contributed by atoms with E-state index < -0.39 is 0 Å². The number of carbonyl (C=O) groups is 2. The smallest absolute Gasteiger partial charge is 0.311 e. The quantitative estimate of drug-likeness (QED) is 0.206. The molecule has 3 aromatic carbocycles. The Morgan fingerprint density at radius 3 is 2.62 bits per heavy atom. The topological polar surface area (TPSA) is 64.6 Å². The van der Waals surface area contributed by atoms with Crippen LogP contribution in [0.25, 0.3) is 16.3 Å². The zero-order valence-electron chi connectivity index (χ0n) is 22.1. The molecule has 0 aromatic heterocycles. The summed E-state index contributed by atoms with van der Waals surface area (Å²) in [5, 5.41) is 5.99. The lowest BCUT2D eigenvalue weighted by atomic mass is 9.68. The summed E-state index contributed by atoms with van der Waals surface area (Å²) in [5.74, 6) is 0.803. The van der Waals surface area contributed by atoms with Crippen LogP contribution in [0.4, 0.5) is 5.69 Å². The van der Waals surface area contributed by atoms with Crippen LogP contribution in [0.1, 0.15) is 76.5 Å². The lowest BCUT2D eigenvalue weighted by molar-refractivity contribution is -0.134. The van der Waals surface area contributed by atoms with Crippen molar-refractivity contribution in [1.82, 2.24) is 0 Å². The standard InChI is InChI=1S/C32H35NO4/c1-5-6-7-12-28(35)37-26-16-14-21(17-27(26)36-4)31-30-23(18-32(2,3)19-25(30)34)29-22-11-9-8-10-20(22)13-15-24(29)33-31/h8-11,13-17,31,33H,5-7,12,18-19H2,1-4H3/t31-/m0/s1. The number of benzene rings is 3. The van der Waals surface area contributed by atoms with Crippen molar-refractivity contribution in [3.63, 3.8) is 0 Å². The molecule has 0 radical (unpaired) electrons. The molecule has 0 saturated heterocycles. The van der Waals surface area contributed by atoms with Crippen LogP contribution in [0, 0.1) is 5.41 Å². The van der Waals surface area contributed by atoms with Crippen molar-refractivity contribution in [3.8, 4) is 11.5 Å². The Balaban J connectivity index is 1.57. The third kappa shape index (κ3) is 4.87. The number of rotatable bonds is 7. The molecule has 2 aliphatic rings. The van der Waals surface area contributed by atoms with Gasteiger partial charge in [-0.2, -0.15) is 0 Å². The second kappa shape index (κ2) is 10.0. The Bertz CT molecular complexity index is 1400. The Hall–Kier alpha value is -3.60. The number of hydrogen-bond donors (Lipinski definition) is 1. The molecule has 1 atom stereocenters. The molecule has 1 N–H and O–H groups in total. The molecule has 0 spiro atoms. The number of anilines is 1. The van der Waals surface area contributed by atoms with Crippen molar-refractivity contribution in [2.24, 2.45) is 5.41 Å². The first-order chi connectivity index (χ1) is 17.8. The van der Waals surface area contributed by atoms with E-state index in [4.69, 9.17) is 9.47 Å². The van der Waals surface area contributed by atoms with Crippen LogP contribution in [0.2, 0.25) is 0 Å². The number of ketones is 1. The highest BCUT2D eigenvalue weighted by atomic mass is 16.6. The fourth-order valence-electron chi connectivity index (χ4n) is 5.73. The van der Waals surface area contributed by atoms with E-state index in [9.17, 15) is 9.59 Å². The number of esters is 1. The number of Topliss-reactive ketones (excluding diaryl/α,β-unsaturated/α-hetero) is 1. The van der Waals surface area contributed by atoms with Gasteiger partial charge in [-0.3, -0.25) is 9.59 Å². The van der Waals surface area contributed by atoms with Gasteiger partial charge in [0.2, 0.25) is 0 Å². The molecular formula is C32H35NO4. The summed E-state index contributed by atoms with van der Waals surface area (Å²) in [5.41, 5.74) is 4.91. The Morgan fingerprint density at radius 2 is 1.84 bits per heavy atom. The van der Waals surface area contributed by atoms with Gasteiger partial charge in [0, 0.05) is 29.7 Å². The number of hydrogen-bond acceptors (Lipinski definition) is 5. The predicted molar refractivity (Wildman–Crippen MR) is 148 cm³/mol. The van der Waals surface area contributed by atoms with Crippen LogP contribution in [-0.2, 0) is 9.59 Å². The van der Waals surface area contributed by atoms with Gasteiger partial charge in [-0.25, -0.2) is 0 Å². The second-order valence-electron chi connectivity index (χ2n) is 11.0. The minimum absolute atomic E-state index is 0.112. The molecule has 0 saturated carbocycles. The van der Waals surface area contributed by atoms with Gasteiger partial charge < -0.3 is 14.8 Å². The summed E-state index contributed by atoms with van der Waals surface area (Å²) >= 11 is 0. The fourth-order valence-corrected chi connectivity index (χ4v) is 5.73. The SMILES string of the molecule is CCCCCC(=O)Oc1ccc([C@@H]2Nc3ccc4ccccc4c3C3=C2C(=O)CC(C)(C)C3)cc1OC. The minimum atomic E-state index is -0.310. The third-order valence-electron chi connectivity index (χ3n) is 7.47. The maximum atomic E-state index is 13.7. The fraction of sp³-hybridized carbons (Fsp3) is 0.375. The first kappa shape index (κ1) is 25.1. The van der Waals surface area contributed by atoms with E-state index >= 15 is 0 Å². The predicted octanol–water partition coefficient (Wildman–Crippen LogP) is 7.64. The van der Waals surface area contributed by atoms with E-state index in [1.165, 1.54) is 0 Å². The van der Waals surface area contributed by atoms with Crippen molar-refractivity contribution in [3.05, 3.63) is 71.3 Å². The number of unbranched alkanes of at least 4 members (excludes halogenated alkanes) is 2.